The van der Waals surface area contributed by atoms with Crippen LogP contribution in [0.5, 0.6) is 5.75 Å². The molecule has 1 aliphatic heterocycles. The molecule has 2 heterocycles. The van der Waals surface area contributed by atoms with E-state index >= 15 is 0 Å². The first kappa shape index (κ1) is 25.5. The lowest BCUT2D eigenvalue weighted by Crippen LogP contribution is -2.35. The predicted octanol–water partition coefficient (Wildman–Crippen LogP) is 2.73. The summed E-state index contributed by atoms with van der Waals surface area (Å²) in [5.41, 5.74) is 2.60. The van der Waals surface area contributed by atoms with Gasteiger partial charge < -0.3 is 9.47 Å². The van der Waals surface area contributed by atoms with Gasteiger partial charge in [0.25, 0.3) is 5.56 Å². The molecule has 0 bridgehead atoms. The van der Waals surface area contributed by atoms with Crippen LogP contribution < -0.4 is 15.6 Å². The highest BCUT2D eigenvalue weighted by atomic mass is 16.5. The second-order valence-corrected chi connectivity index (χ2v) is 9.05. The van der Waals surface area contributed by atoms with Crippen LogP contribution in [0.2, 0.25) is 0 Å². The van der Waals surface area contributed by atoms with Gasteiger partial charge in [-0.2, -0.15) is 0 Å². The van der Waals surface area contributed by atoms with Crippen molar-refractivity contribution in [2.75, 3.05) is 26.3 Å². The fourth-order valence-corrected chi connectivity index (χ4v) is 4.49. The topological polar surface area (TPSA) is 103 Å². The van der Waals surface area contributed by atoms with Crippen LogP contribution in [0.4, 0.5) is 0 Å². The van der Waals surface area contributed by atoms with E-state index in [4.69, 9.17) is 9.47 Å². The zero-order valence-electron chi connectivity index (χ0n) is 20.7. The van der Waals surface area contributed by atoms with Crippen molar-refractivity contribution in [2.24, 2.45) is 0 Å². The Kier molecular flexibility index (Phi) is 8.45. The van der Waals surface area contributed by atoms with Crippen LogP contribution in [0.3, 0.4) is 0 Å². The molecular formula is C27H32N4O5. The molecule has 4 rings (SSSR count). The van der Waals surface area contributed by atoms with E-state index in [-0.39, 0.29) is 23.9 Å². The number of aryl methyl sites for hydroxylation is 1. The fraction of sp³-hybridized carbons (Fsp3) is 0.407. The van der Waals surface area contributed by atoms with E-state index in [0.29, 0.717) is 41.9 Å². The molecule has 3 aromatic rings. The van der Waals surface area contributed by atoms with Crippen LogP contribution in [0.25, 0.3) is 10.9 Å². The summed E-state index contributed by atoms with van der Waals surface area (Å²) < 4.78 is 13.1. The Morgan fingerprint density at radius 3 is 2.61 bits per heavy atom. The zero-order valence-corrected chi connectivity index (χ0v) is 20.7. The number of aromatic nitrogens is 2. The van der Waals surface area contributed by atoms with Gasteiger partial charge in [0.2, 0.25) is 12.3 Å². The lowest BCUT2D eigenvalue weighted by atomic mass is 10.1. The quantitative estimate of drug-likeness (QED) is 0.434. The molecule has 1 aliphatic rings. The molecule has 2 aromatic carbocycles. The number of amides is 2. The molecule has 190 valence electrons. The maximum absolute atomic E-state index is 13.5. The molecule has 0 saturated carbocycles. The molecule has 0 spiro atoms. The summed E-state index contributed by atoms with van der Waals surface area (Å²) in [6.45, 7) is 8.30. The van der Waals surface area contributed by atoms with Crippen molar-refractivity contribution in [2.45, 2.75) is 45.9 Å². The smallest absolute Gasteiger partial charge is 0.265 e. The summed E-state index contributed by atoms with van der Waals surface area (Å²) in [6, 6.07) is 13.4. The number of fused-ring (bicyclic) bond motifs is 1. The van der Waals surface area contributed by atoms with Gasteiger partial charge in [0, 0.05) is 32.1 Å². The van der Waals surface area contributed by atoms with Crippen LogP contribution >= 0.6 is 0 Å². The summed E-state index contributed by atoms with van der Waals surface area (Å²) in [7, 11) is 0. The van der Waals surface area contributed by atoms with Crippen LogP contribution in [0.1, 0.15) is 42.8 Å². The molecule has 2 amide bonds. The second-order valence-electron chi connectivity index (χ2n) is 9.05. The zero-order chi connectivity index (χ0) is 25.5. The van der Waals surface area contributed by atoms with E-state index < -0.39 is 0 Å². The summed E-state index contributed by atoms with van der Waals surface area (Å²) in [5, 5.41) is 2.54. The van der Waals surface area contributed by atoms with Crippen molar-refractivity contribution in [1.82, 2.24) is 19.8 Å². The van der Waals surface area contributed by atoms with Crippen molar-refractivity contribution in [1.29, 1.82) is 0 Å². The average molecular weight is 493 g/mol. The van der Waals surface area contributed by atoms with E-state index in [1.807, 2.05) is 25.1 Å². The number of nitrogens with one attached hydrogen (secondary N) is 1. The minimum atomic E-state index is -0.378. The summed E-state index contributed by atoms with van der Waals surface area (Å²) in [4.78, 5) is 42.6. The lowest BCUT2D eigenvalue weighted by molar-refractivity contribution is -0.125. The minimum absolute atomic E-state index is 0.128. The fourth-order valence-electron chi connectivity index (χ4n) is 4.49. The third-order valence-corrected chi connectivity index (χ3v) is 6.44. The van der Waals surface area contributed by atoms with Crippen molar-refractivity contribution in [3.8, 4) is 5.75 Å². The van der Waals surface area contributed by atoms with Crippen LogP contribution in [-0.4, -0.2) is 53.1 Å². The summed E-state index contributed by atoms with van der Waals surface area (Å²) >= 11 is 0. The Bertz CT molecular complexity index is 1270. The first-order valence-corrected chi connectivity index (χ1v) is 12.2. The van der Waals surface area contributed by atoms with Gasteiger partial charge in [0.1, 0.15) is 23.6 Å². The Morgan fingerprint density at radius 1 is 1.17 bits per heavy atom. The van der Waals surface area contributed by atoms with Crippen molar-refractivity contribution in [3.63, 3.8) is 0 Å². The van der Waals surface area contributed by atoms with Gasteiger partial charge in [-0.25, -0.2) is 4.98 Å². The monoisotopic (exact) mass is 492 g/mol. The Balaban J connectivity index is 1.49. The summed E-state index contributed by atoms with van der Waals surface area (Å²) in [6.07, 6.45) is 0.889. The summed E-state index contributed by atoms with van der Waals surface area (Å²) in [5.74, 6) is 0.655. The molecular weight excluding hydrogens is 460 g/mol. The van der Waals surface area contributed by atoms with Gasteiger partial charge in [-0.1, -0.05) is 30.3 Å². The van der Waals surface area contributed by atoms with Gasteiger partial charge in [0.15, 0.2) is 0 Å². The number of imide groups is 1. The van der Waals surface area contributed by atoms with Crippen molar-refractivity contribution < 1.29 is 19.1 Å². The van der Waals surface area contributed by atoms with E-state index in [1.165, 1.54) is 5.56 Å². The first-order chi connectivity index (χ1) is 17.5. The average Bonchev–Trinajstić information content (AvgIpc) is 2.87. The predicted molar refractivity (Wildman–Crippen MR) is 136 cm³/mol. The SMILES string of the molecule is Cc1nc2cccc(OCc3ccc(CN4CCOCC4)cc3)c2c(=O)n1C(C)CCC(=O)NC=O. The van der Waals surface area contributed by atoms with Gasteiger partial charge in [-0.15, -0.1) is 0 Å². The Labute approximate surface area is 210 Å². The molecule has 9 heteroatoms. The number of rotatable bonds is 10. The molecule has 9 nitrogen and oxygen atoms in total. The highest BCUT2D eigenvalue weighted by Gasteiger charge is 2.18. The van der Waals surface area contributed by atoms with E-state index in [2.05, 4.69) is 27.3 Å². The van der Waals surface area contributed by atoms with E-state index in [1.54, 1.807) is 23.6 Å². The van der Waals surface area contributed by atoms with Gasteiger partial charge in [0.05, 0.1) is 18.7 Å². The number of benzene rings is 2. The minimum Gasteiger partial charge on any atom is -0.488 e. The molecule has 1 saturated heterocycles. The molecule has 1 unspecified atom stereocenters. The highest BCUT2D eigenvalue weighted by Crippen LogP contribution is 2.24. The molecule has 1 N–H and O–H groups in total. The first-order valence-electron chi connectivity index (χ1n) is 12.2. The third-order valence-electron chi connectivity index (χ3n) is 6.44. The maximum atomic E-state index is 13.5. The van der Waals surface area contributed by atoms with Crippen LogP contribution in [0.15, 0.2) is 47.3 Å². The van der Waals surface area contributed by atoms with E-state index in [0.717, 1.165) is 38.4 Å². The number of nitrogens with zero attached hydrogens (tertiary/aromatic N) is 3. The van der Waals surface area contributed by atoms with Crippen LogP contribution in [-0.2, 0) is 27.5 Å². The molecule has 1 aromatic heterocycles. The van der Waals surface area contributed by atoms with Gasteiger partial charge in [-0.05, 0) is 43.5 Å². The number of hydrogen-bond acceptors (Lipinski definition) is 7. The maximum Gasteiger partial charge on any atom is 0.265 e. The van der Waals surface area contributed by atoms with Gasteiger partial charge in [-0.3, -0.25) is 29.2 Å². The van der Waals surface area contributed by atoms with Gasteiger partial charge >= 0.3 is 0 Å². The van der Waals surface area contributed by atoms with Crippen LogP contribution in [0, 0.1) is 6.92 Å². The molecule has 0 aliphatic carbocycles. The standard InChI is InChI=1S/C27H32N4O5/c1-19(6-11-25(33)28-18-32)31-20(2)29-23-4-3-5-24(26(23)27(31)34)36-17-22-9-7-21(8-10-22)16-30-12-14-35-15-13-30/h3-5,7-10,18-19H,6,11-17H2,1-2H3,(H,28,32,33). The Morgan fingerprint density at radius 2 is 1.89 bits per heavy atom. The molecule has 1 fully saturated rings. The van der Waals surface area contributed by atoms with E-state index in [9.17, 15) is 14.4 Å². The highest BCUT2D eigenvalue weighted by molar-refractivity contribution is 5.86. The second kappa shape index (κ2) is 11.9. The number of carbonyl (C=O) groups excluding carboxylic acids is 2. The number of morpholine rings is 1. The Hall–Kier alpha value is -3.56. The molecule has 36 heavy (non-hydrogen) atoms. The van der Waals surface area contributed by atoms with Crippen molar-refractivity contribution >= 4 is 23.2 Å². The van der Waals surface area contributed by atoms with Crippen molar-refractivity contribution in [3.05, 3.63) is 69.8 Å². The molecule has 0 radical (unpaired) electrons. The normalized spacial score (nSPS) is 14.9. The lowest BCUT2D eigenvalue weighted by Gasteiger charge is -2.26. The molecule has 1 atom stereocenters. The third kappa shape index (κ3) is 6.16. The number of hydrogen-bond donors (Lipinski definition) is 1. The largest absolute Gasteiger partial charge is 0.488 e. The number of ether oxygens (including phenoxy) is 2. The number of carbonyl (C=O) groups is 2.